The summed E-state index contributed by atoms with van der Waals surface area (Å²) in [4.78, 5) is 4.70. The van der Waals surface area contributed by atoms with Crippen molar-refractivity contribution in [2.45, 2.75) is 13.8 Å². The van der Waals surface area contributed by atoms with Crippen molar-refractivity contribution in [3.05, 3.63) is 65.9 Å². The molecule has 2 aromatic carbocycles. The summed E-state index contributed by atoms with van der Waals surface area (Å²) in [5.74, 6) is -0.245. The molecule has 0 aliphatic carbocycles. The fraction of sp³-hybridized carbons (Fsp3) is 0.167. The van der Waals surface area contributed by atoms with Crippen molar-refractivity contribution in [3.8, 4) is 0 Å². The van der Waals surface area contributed by atoms with Gasteiger partial charge in [0.15, 0.2) is 0 Å². The highest BCUT2D eigenvalue weighted by atomic mass is 19.1. The van der Waals surface area contributed by atoms with Gasteiger partial charge in [0.2, 0.25) is 5.88 Å². The first-order chi connectivity index (χ1) is 11.6. The van der Waals surface area contributed by atoms with Gasteiger partial charge in [0, 0.05) is 0 Å². The lowest BCUT2D eigenvalue weighted by atomic mass is 10.0. The van der Waals surface area contributed by atoms with Gasteiger partial charge < -0.3 is 10.6 Å². The molecular weight excluding hydrogens is 323 g/mol. The van der Waals surface area contributed by atoms with Gasteiger partial charge >= 0.3 is 0 Å². The number of aliphatic hydroxyl groups is 1. The van der Waals surface area contributed by atoms with Gasteiger partial charge in [0.1, 0.15) is 11.5 Å². The molecule has 25 heavy (non-hydrogen) atoms. The first kappa shape index (κ1) is 16.9. The molecule has 0 saturated heterocycles. The van der Waals surface area contributed by atoms with Crippen LogP contribution in [0, 0.1) is 11.7 Å². The van der Waals surface area contributed by atoms with Crippen LogP contribution in [-0.4, -0.2) is 16.3 Å². The van der Waals surface area contributed by atoms with Crippen LogP contribution < -0.4 is 15.6 Å². The number of benzene rings is 2. The van der Waals surface area contributed by atoms with Crippen LogP contribution in [0.2, 0.25) is 0 Å². The molecule has 2 aliphatic rings. The third-order valence-corrected chi connectivity index (χ3v) is 4.07. The number of aliphatic imine (C=N–C) groups is 1. The molecule has 0 aromatic heterocycles. The van der Waals surface area contributed by atoms with Gasteiger partial charge in [0.05, 0.1) is 22.8 Å². The highest BCUT2D eigenvalue weighted by Gasteiger charge is 2.38. The van der Waals surface area contributed by atoms with E-state index in [0.29, 0.717) is 11.4 Å². The van der Waals surface area contributed by atoms with E-state index in [1.54, 1.807) is 17.1 Å². The maximum atomic E-state index is 13.6. The molecule has 130 valence electrons. The van der Waals surface area contributed by atoms with Crippen molar-refractivity contribution < 1.29 is 15.0 Å². The second kappa shape index (κ2) is 6.19. The van der Waals surface area contributed by atoms with Crippen molar-refractivity contribution in [3.63, 3.8) is 0 Å². The number of allylic oxidation sites excluding steroid dienone is 1. The summed E-state index contributed by atoms with van der Waals surface area (Å²) in [7, 11) is 0. The number of hydrogen-bond acceptors (Lipinski definition) is 5. The summed E-state index contributed by atoms with van der Waals surface area (Å²) in [6, 6.07) is 13.7. The molecular formula is C18H19FN4O2. The minimum atomic E-state index is -0.366. The van der Waals surface area contributed by atoms with Crippen LogP contribution in [0.1, 0.15) is 13.8 Å². The number of hydrazine groups is 2. The molecule has 0 unspecified atom stereocenters. The Morgan fingerprint density at radius 3 is 2.56 bits per heavy atom. The Morgan fingerprint density at radius 2 is 1.84 bits per heavy atom. The lowest BCUT2D eigenvalue weighted by Gasteiger charge is -2.29. The molecule has 6 nitrogen and oxygen atoms in total. The summed E-state index contributed by atoms with van der Waals surface area (Å²) in [6.45, 7) is 4.05. The Morgan fingerprint density at radius 1 is 1.08 bits per heavy atom. The molecule has 0 radical (unpaired) electrons. The number of fused-ring (bicyclic) bond motifs is 3. The average Bonchev–Trinajstić information content (AvgIpc) is 2.92. The Balaban J connectivity index is 0.00000182. The molecule has 7 heteroatoms. The van der Waals surface area contributed by atoms with E-state index in [1.807, 2.05) is 38.1 Å². The van der Waals surface area contributed by atoms with Crippen LogP contribution in [0.5, 0.6) is 0 Å². The number of nitrogens with zero attached hydrogens (tertiary/aromatic N) is 3. The average molecular weight is 342 g/mol. The lowest BCUT2D eigenvalue weighted by molar-refractivity contribution is 0.388. The van der Waals surface area contributed by atoms with E-state index < -0.39 is 0 Å². The molecule has 4 N–H and O–H groups in total. The van der Waals surface area contributed by atoms with Crippen LogP contribution >= 0.6 is 0 Å². The first-order valence-corrected chi connectivity index (χ1v) is 7.79. The summed E-state index contributed by atoms with van der Waals surface area (Å²) in [5, 5.41) is 14.0. The fourth-order valence-electron chi connectivity index (χ4n) is 2.93. The highest BCUT2D eigenvalue weighted by Crippen LogP contribution is 2.40. The molecule has 2 aliphatic heterocycles. The molecule has 0 fully saturated rings. The standard InChI is InChI=1S/C18H17FN4O.H2O/c1-11(2)16-17-18(24)22(13-7-5-6-12(19)10-13)21-23(17)15-9-4-3-8-14(15)20-16;/h3-11,21,24H,1-2H3;1H2. The normalized spacial score (nSPS) is 15.8. The maximum Gasteiger partial charge on any atom is 0.235 e. The monoisotopic (exact) mass is 342 g/mol. The van der Waals surface area contributed by atoms with E-state index in [4.69, 9.17) is 4.99 Å². The molecule has 0 saturated carbocycles. The molecule has 0 spiro atoms. The van der Waals surface area contributed by atoms with Crippen molar-refractivity contribution in [1.29, 1.82) is 0 Å². The number of para-hydroxylation sites is 2. The van der Waals surface area contributed by atoms with Gasteiger partial charge in [-0.2, -0.15) is 0 Å². The summed E-state index contributed by atoms with van der Waals surface area (Å²) >= 11 is 0. The second-order valence-electron chi connectivity index (χ2n) is 6.06. The number of aliphatic hydroxyl groups excluding tert-OH is 1. The Labute approximate surface area is 144 Å². The number of halogens is 1. The van der Waals surface area contributed by atoms with Gasteiger partial charge in [-0.15, -0.1) is 5.53 Å². The van der Waals surface area contributed by atoms with E-state index in [1.165, 1.54) is 17.1 Å². The molecule has 0 amide bonds. The van der Waals surface area contributed by atoms with Gasteiger partial charge in [0.25, 0.3) is 0 Å². The summed E-state index contributed by atoms with van der Waals surface area (Å²) in [5.41, 5.74) is 6.66. The molecule has 2 aromatic rings. The largest absolute Gasteiger partial charge is 0.492 e. The first-order valence-electron chi connectivity index (χ1n) is 7.79. The fourth-order valence-corrected chi connectivity index (χ4v) is 2.93. The highest BCUT2D eigenvalue weighted by molar-refractivity contribution is 6.10. The lowest BCUT2D eigenvalue weighted by Crippen LogP contribution is -2.43. The smallest absolute Gasteiger partial charge is 0.235 e. The van der Waals surface area contributed by atoms with Crippen LogP contribution in [0.3, 0.4) is 0 Å². The number of nitrogens with one attached hydrogen (secondary N) is 1. The topological polar surface area (TPSA) is 82.6 Å². The zero-order valence-electron chi connectivity index (χ0n) is 13.9. The van der Waals surface area contributed by atoms with E-state index in [9.17, 15) is 9.50 Å². The van der Waals surface area contributed by atoms with Crippen LogP contribution in [0.25, 0.3) is 0 Å². The Hall–Kier alpha value is -2.90. The molecule has 4 rings (SSSR count). The number of anilines is 2. The maximum absolute atomic E-state index is 13.6. The third kappa shape index (κ3) is 2.63. The van der Waals surface area contributed by atoms with E-state index >= 15 is 0 Å². The third-order valence-electron chi connectivity index (χ3n) is 4.07. The summed E-state index contributed by atoms with van der Waals surface area (Å²) in [6.07, 6.45) is 0. The zero-order valence-corrected chi connectivity index (χ0v) is 13.9. The minimum Gasteiger partial charge on any atom is -0.492 e. The SMILES string of the molecule is CC(C)C1=Nc2ccccc2N2NN(c3cccc(F)c3)C(O)=C12.O. The van der Waals surface area contributed by atoms with Crippen LogP contribution in [0.15, 0.2) is 65.1 Å². The molecule has 2 heterocycles. The molecule has 0 atom stereocenters. The Bertz CT molecular complexity index is 879. The predicted molar refractivity (Wildman–Crippen MR) is 96.1 cm³/mol. The van der Waals surface area contributed by atoms with Crippen LogP contribution in [-0.2, 0) is 0 Å². The van der Waals surface area contributed by atoms with E-state index in [2.05, 4.69) is 5.53 Å². The van der Waals surface area contributed by atoms with Crippen LogP contribution in [0.4, 0.5) is 21.5 Å². The van der Waals surface area contributed by atoms with Crippen molar-refractivity contribution >= 4 is 22.8 Å². The van der Waals surface area contributed by atoms with Crippen molar-refractivity contribution in [2.75, 3.05) is 10.0 Å². The quantitative estimate of drug-likeness (QED) is 0.878. The van der Waals surface area contributed by atoms with E-state index in [-0.39, 0.29) is 23.1 Å². The number of hydrogen-bond donors (Lipinski definition) is 2. The molecule has 0 bridgehead atoms. The predicted octanol–water partition coefficient (Wildman–Crippen LogP) is 3.22. The van der Waals surface area contributed by atoms with Gasteiger partial charge in [-0.1, -0.05) is 32.0 Å². The summed E-state index contributed by atoms with van der Waals surface area (Å²) < 4.78 is 13.6. The van der Waals surface area contributed by atoms with Gasteiger partial charge in [-0.25, -0.2) is 19.4 Å². The minimum absolute atomic E-state index is 0. The second-order valence-corrected chi connectivity index (χ2v) is 6.06. The van der Waals surface area contributed by atoms with Crippen molar-refractivity contribution in [1.82, 2.24) is 5.53 Å². The zero-order chi connectivity index (χ0) is 16.8. The van der Waals surface area contributed by atoms with Crippen molar-refractivity contribution in [2.24, 2.45) is 10.9 Å². The van der Waals surface area contributed by atoms with Gasteiger partial charge in [-0.05, 0) is 36.2 Å². The van der Waals surface area contributed by atoms with Gasteiger partial charge in [-0.3, -0.25) is 0 Å². The number of rotatable bonds is 2. The van der Waals surface area contributed by atoms with E-state index in [0.717, 1.165) is 17.1 Å². The Kier molecular flexibility index (Phi) is 4.20.